The molecule has 3 N–H and O–H groups in total. The lowest BCUT2D eigenvalue weighted by Gasteiger charge is -2.53. The Hall–Kier alpha value is -0.120. The van der Waals surface area contributed by atoms with Crippen LogP contribution in [-0.2, 0) is 4.74 Å². The molecule has 1 unspecified atom stereocenters. The molecule has 2 fully saturated rings. The molecular formula is C18H35NO2. The van der Waals surface area contributed by atoms with Gasteiger partial charge in [-0.15, -0.1) is 0 Å². The third-order valence-electron chi connectivity index (χ3n) is 6.41. The maximum atomic E-state index is 11.6. The molecule has 3 nitrogen and oxygen atoms in total. The normalized spacial score (nSPS) is 42.4. The van der Waals surface area contributed by atoms with E-state index in [0.717, 1.165) is 24.7 Å². The summed E-state index contributed by atoms with van der Waals surface area (Å²) in [5, 5.41) is 11.6. The number of hydrogen-bond acceptors (Lipinski definition) is 3. The topological polar surface area (TPSA) is 55.5 Å². The molecule has 3 heteroatoms. The molecule has 1 aliphatic heterocycles. The van der Waals surface area contributed by atoms with E-state index in [4.69, 9.17) is 10.5 Å². The zero-order chi connectivity index (χ0) is 16.1. The van der Waals surface area contributed by atoms with Crippen LogP contribution in [0.5, 0.6) is 0 Å². The minimum atomic E-state index is -0.833. The van der Waals surface area contributed by atoms with Gasteiger partial charge in [-0.25, -0.2) is 0 Å². The fourth-order valence-corrected chi connectivity index (χ4v) is 5.11. The lowest BCUT2D eigenvalue weighted by molar-refractivity contribution is -0.188. The Labute approximate surface area is 130 Å². The number of hydrogen-bond donors (Lipinski definition) is 2. The summed E-state index contributed by atoms with van der Waals surface area (Å²) in [6.45, 7) is 13.4. The molecule has 0 amide bonds. The number of aliphatic hydroxyl groups is 1. The Morgan fingerprint density at radius 2 is 1.67 bits per heavy atom. The molecule has 2 aliphatic rings. The van der Waals surface area contributed by atoms with Gasteiger partial charge in [0.25, 0.3) is 0 Å². The highest BCUT2D eigenvalue weighted by molar-refractivity contribution is 5.16. The van der Waals surface area contributed by atoms with Crippen molar-refractivity contribution in [2.75, 3.05) is 6.54 Å². The van der Waals surface area contributed by atoms with E-state index in [1.165, 1.54) is 12.8 Å². The van der Waals surface area contributed by atoms with Crippen molar-refractivity contribution in [2.45, 2.75) is 90.4 Å². The smallest absolute Gasteiger partial charge is 0.103 e. The van der Waals surface area contributed by atoms with Crippen LogP contribution in [0.4, 0.5) is 0 Å². The van der Waals surface area contributed by atoms with Crippen LogP contribution in [0.25, 0.3) is 0 Å². The molecule has 0 radical (unpaired) electrons. The monoisotopic (exact) mass is 297 g/mol. The van der Waals surface area contributed by atoms with Crippen LogP contribution in [0, 0.1) is 17.3 Å². The first-order valence-electron chi connectivity index (χ1n) is 8.61. The number of ether oxygens (including phenoxy) is 1. The van der Waals surface area contributed by atoms with Crippen LogP contribution in [0.2, 0.25) is 0 Å². The van der Waals surface area contributed by atoms with Gasteiger partial charge in [-0.05, 0) is 65.2 Å². The third-order valence-corrected chi connectivity index (χ3v) is 6.41. The Morgan fingerprint density at radius 1 is 1.14 bits per heavy atom. The zero-order valence-electron chi connectivity index (χ0n) is 14.8. The second-order valence-electron chi connectivity index (χ2n) is 8.98. The standard InChI is InChI=1S/C18H35NO2/c1-13(2)14-7-9-17(12-19,10-8-14)18(20)11-15(3,4)21-16(18,5)6/h13-14,20H,7-12,19H2,1-6H3. The Balaban J connectivity index is 2.29. The highest BCUT2D eigenvalue weighted by Crippen LogP contribution is 2.58. The van der Waals surface area contributed by atoms with Gasteiger partial charge in [-0.1, -0.05) is 13.8 Å². The van der Waals surface area contributed by atoms with E-state index in [9.17, 15) is 5.11 Å². The summed E-state index contributed by atoms with van der Waals surface area (Å²) in [6.07, 6.45) is 5.06. The van der Waals surface area contributed by atoms with E-state index in [1.807, 2.05) is 13.8 Å². The first-order chi connectivity index (χ1) is 9.49. The largest absolute Gasteiger partial charge is 0.386 e. The van der Waals surface area contributed by atoms with Crippen LogP contribution in [0.1, 0.15) is 73.6 Å². The van der Waals surface area contributed by atoms with Crippen molar-refractivity contribution in [3.05, 3.63) is 0 Å². The van der Waals surface area contributed by atoms with Crippen molar-refractivity contribution < 1.29 is 9.84 Å². The van der Waals surface area contributed by atoms with Gasteiger partial charge < -0.3 is 15.6 Å². The molecule has 2 rings (SSSR count). The minimum Gasteiger partial charge on any atom is -0.386 e. The molecule has 0 spiro atoms. The summed E-state index contributed by atoms with van der Waals surface area (Å²) in [6, 6.07) is 0. The van der Waals surface area contributed by atoms with E-state index >= 15 is 0 Å². The minimum absolute atomic E-state index is 0.199. The highest BCUT2D eigenvalue weighted by atomic mass is 16.5. The third kappa shape index (κ3) is 2.66. The summed E-state index contributed by atoms with van der Waals surface area (Å²) in [4.78, 5) is 0. The first kappa shape index (κ1) is 17.2. The van der Waals surface area contributed by atoms with Crippen molar-refractivity contribution >= 4 is 0 Å². The first-order valence-corrected chi connectivity index (χ1v) is 8.61. The van der Waals surface area contributed by atoms with Crippen molar-refractivity contribution in [1.29, 1.82) is 0 Å². The Bertz CT molecular complexity index is 381. The molecule has 1 saturated heterocycles. The van der Waals surface area contributed by atoms with Gasteiger partial charge in [0.2, 0.25) is 0 Å². The molecule has 1 saturated carbocycles. The summed E-state index contributed by atoms with van der Waals surface area (Å²) in [5.41, 5.74) is 4.36. The van der Waals surface area contributed by atoms with Crippen LogP contribution in [0.15, 0.2) is 0 Å². The zero-order valence-corrected chi connectivity index (χ0v) is 14.8. The fourth-order valence-electron chi connectivity index (χ4n) is 5.11. The fraction of sp³-hybridized carbons (Fsp3) is 1.00. The predicted molar refractivity (Wildman–Crippen MR) is 87.1 cm³/mol. The lowest BCUT2D eigenvalue weighted by Crippen LogP contribution is -2.62. The average Bonchev–Trinajstić information content (AvgIpc) is 2.53. The predicted octanol–water partition coefficient (Wildman–Crippen LogP) is 3.49. The van der Waals surface area contributed by atoms with Gasteiger partial charge in [0, 0.05) is 18.4 Å². The van der Waals surface area contributed by atoms with E-state index in [-0.39, 0.29) is 11.0 Å². The second-order valence-corrected chi connectivity index (χ2v) is 8.98. The van der Waals surface area contributed by atoms with Gasteiger partial charge in [0.1, 0.15) is 5.60 Å². The summed E-state index contributed by atoms with van der Waals surface area (Å²) >= 11 is 0. The average molecular weight is 297 g/mol. The number of nitrogens with two attached hydrogens (primary N) is 1. The van der Waals surface area contributed by atoms with Crippen molar-refractivity contribution in [1.82, 2.24) is 0 Å². The lowest BCUT2D eigenvalue weighted by atomic mass is 9.55. The van der Waals surface area contributed by atoms with Crippen molar-refractivity contribution in [3.63, 3.8) is 0 Å². The molecule has 0 aromatic heterocycles. The molecule has 1 heterocycles. The van der Waals surface area contributed by atoms with Gasteiger partial charge in [-0.3, -0.25) is 0 Å². The molecule has 21 heavy (non-hydrogen) atoms. The second kappa shape index (κ2) is 5.21. The number of rotatable bonds is 3. The van der Waals surface area contributed by atoms with Crippen LogP contribution in [-0.4, -0.2) is 28.5 Å². The molecule has 0 aromatic carbocycles. The molecule has 1 atom stereocenters. The van der Waals surface area contributed by atoms with E-state index in [1.54, 1.807) is 0 Å². The van der Waals surface area contributed by atoms with Gasteiger partial charge in [0.05, 0.1) is 11.2 Å². The van der Waals surface area contributed by atoms with Crippen molar-refractivity contribution in [3.8, 4) is 0 Å². The van der Waals surface area contributed by atoms with Gasteiger partial charge in [-0.2, -0.15) is 0 Å². The van der Waals surface area contributed by atoms with E-state index in [0.29, 0.717) is 13.0 Å². The maximum Gasteiger partial charge on any atom is 0.103 e. The van der Waals surface area contributed by atoms with Crippen LogP contribution < -0.4 is 5.73 Å². The molecule has 0 aromatic rings. The highest BCUT2D eigenvalue weighted by Gasteiger charge is 2.65. The molecular weight excluding hydrogens is 262 g/mol. The van der Waals surface area contributed by atoms with Crippen molar-refractivity contribution in [2.24, 2.45) is 23.0 Å². The summed E-state index contributed by atoms with van der Waals surface area (Å²) in [7, 11) is 0. The van der Waals surface area contributed by atoms with E-state index in [2.05, 4.69) is 27.7 Å². The van der Waals surface area contributed by atoms with Gasteiger partial charge >= 0.3 is 0 Å². The maximum absolute atomic E-state index is 11.6. The Kier molecular flexibility index (Phi) is 4.28. The quantitative estimate of drug-likeness (QED) is 0.838. The summed E-state index contributed by atoms with van der Waals surface area (Å²) in [5.74, 6) is 1.49. The van der Waals surface area contributed by atoms with Gasteiger partial charge in [0.15, 0.2) is 0 Å². The summed E-state index contributed by atoms with van der Waals surface area (Å²) < 4.78 is 6.20. The Morgan fingerprint density at radius 3 is 2.00 bits per heavy atom. The molecule has 124 valence electrons. The molecule has 1 aliphatic carbocycles. The van der Waals surface area contributed by atoms with Crippen LogP contribution in [0.3, 0.4) is 0 Å². The van der Waals surface area contributed by atoms with Crippen LogP contribution >= 0.6 is 0 Å². The van der Waals surface area contributed by atoms with E-state index < -0.39 is 11.2 Å². The SMILES string of the molecule is CC(C)C1CCC(CN)(C2(O)CC(C)(C)OC2(C)C)CC1. The molecule has 0 bridgehead atoms.